The number of pyridine rings is 2. The standard InChI is InChI=1S/C20H24N6O2/c21-8-11-23-16-12-15-7-10-25-20(28)17(15)19(26-16)24-9-1-2-13-3-5-14(6-4-13)18(22)27/h3-7,10,12H,1-2,8-9,11,21H2,(H2,22,27)(H,25,28)(H2,23,24,26). The van der Waals surface area contributed by atoms with Crippen LogP contribution in [0.25, 0.3) is 10.8 Å². The number of carbonyl (C=O) groups is 1. The molecule has 0 fully saturated rings. The molecule has 1 aromatic carbocycles. The van der Waals surface area contributed by atoms with Crippen LogP contribution in [0.2, 0.25) is 0 Å². The zero-order chi connectivity index (χ0) is 19.9. The number of nitrogens with two attached hydrogens (primary N) is 2. The number of primary amides is 1. The number of benzene rings is 1. The molecule has 0 saturated heterocycles. The summed E-state index contributed by atoms with van der Waals surface area (Å²) in [5.41, 5.74) is 12.2. The van der Waals surface area contributed by atoms with Crippen LogP contribution in [0.5, 0.6) is 0 Å². The third-order valence-electron chi connectivity index (χ3n) is 4.38. The van der Waals surface area contributed by atoms with Gasteiger partial charge >= 0.3 is 0 Å². The first-order chi connectivity index (χ1) is 13.6. The number of nitrogens with zero attached hydrogens (tertiary/aromatic N) is 1. The zero-order valence-electron chi connectivity index (χ0n) is 15.5. The summed E-state index contributed by atoms with van der Waals surface area (Å²) >= 11 is 0. The van der Waals surface area contributed by atoms with Crippen LogP contribution < -0.4 is 27.7 Å². The fourth-order valence-corrected chi connectivity index (χ4v) is 2.97. The fraction of sp³-hybridized carbons (Fsp3) is 0.250. The van der Waals surface area contributed by atoms with Gasteiger partial charge in [-0.1, -0.05) is 12.1 Å². The first-order valence-electron chi connectivity index (χ1n) is 9.17. The van der Waals surface area contributed by atoms with E-state index in [9.17, 15) is 9.59 Å². The van der Waals surface area contributed by atoms with Crippen LogP contribution in [-0.4, -0.2) is 35.5 Å². The van der Waals surface area contributed by atoms with Gasteiger partial charge in [0.15, 0.2) is 0 Å². The summed E-state index contributed by atoms with van der Waals surface area (Å²) in [7, 11) is 0. The van der Waals surface area contributed by atoms with Crippen molar-refractivity contribution in [2.75, 3.05) is 30.3 Å². The summed E-state index contributed by atoms with van der Waals surface area (Å²) < 4.78 is 0. The van der Waals surface area contributed by atoms with Gasteiger partial charge in [-0.3, -0.25) is 9.59 Å². The van der Waals surface area contributed by atoms with Gasteiger partial charge in [-0.2, -0.15) is 0 Å². The predicted octanol–water partition coefficient (Wildman–Crippen LogP) is 1.44. The van der Waals surface area contributed by atoms with E-state index in [0.717, 1.165) is 23.8 Å². The Kier molecular flexibility index (Phi) is 6.23. The Hall–Kier alpha value is -3.39. The number of rotatable bonds is 9. The Balaban J connectivity index is 1.69. The first-order valence-corrected chi connectivity index (χ1v) is 9.17. The molecule has 7 N–H and O–H groups in total. The SMILES string of the molecule is NCCNc1cc2cc[nH]c(=O)c2c(NCCCc2ccc(C(N)=O)cc2)n1. The van der Waals surface area contributed by atoms with E-state index in [1.54, 1.807) is 18.3 Å². The minimum Gasteiger partial charge on any atom is -0.369 e. The van der Waals surface area contributed by atoms with Crippen molar-refractivity contribution in [1.29, 1.82) is 0 Å². The summed E-state index contributed by atoms with van der Waals surface area (Å²) in [5, 5.41) is 7.76. The van der Waals surface area contributed by atoms with E-state index >= 15 is 0 Å². The van der Waals surface area contributed by atoms with E-state index in [4.69, 9.17) is 11.5 Å². The summed E-state index contributed by atoms with van der Waals surface area (Å²) in [4.78, 5) is 30.6. The zero-order valence-corrected chi connectivity index (χ0v) is 15.5. The van der Waals surface area contributed by atoms with Gasteiger partial charge < -0.3 is 27.1 Å². The van der Waals surface area contributed by atoms with Gasteiger partial charge in [-0.15, -0.1) is 0 Å². The number of anilines is 2. The van der Waals surface area contributed by atoms with Crippen LogP contribution in [0.1, 0.15) is 22.3 Å². The molecule has 0 atom stereocenters. The Morgan fingerprint density at radius 1 is 1.11 bits per heavy atom. The fourth-order valence-electron chi connectivity index (χ4n) is 2.97. The number of hydrogen-bond acceptors (Lipinski definition) is 6. The molecule has 146 valence electrons. The topological polar surface area (TPSA) is 139 Å². The molecular formula is C20H24N6O2. The van der Waals surface area contributed by atoms with E-state index in [0.29, 0.717) is 42.2 Å². The molecule has 0 radical (unpaired) electrons. The second kappa shape index (κ2) is 9.01. The quantitative estimate of drug-likeness (QED) is 0.356. The minimum atomic E-state index is -0.431. The summed E-state index contributed by atoms with van der Waals surface area (Å²) in [6.45, 7) is 1.74. The number of H-pyrrole nitrogens is 1. The molecule has 8 heteroatoms. The molecule has 0 unspecified atom stereocenters. The summed E-state index contributed by atoms with van der Waals surface area (Å²) in [6, 6.07) is 10.9. The van der Waals surface area contributed by atoms with Gasteiger partial charge in [0.2, 0.25) is 5.91 Å². The average molecular weight is 380 g/mol. The van der Waals surface area contributed by atoms with Gasteiger partial charge in [-0.05, 0) is 48.1 Å². The first kappa shape index (κ1) is 19.4. The van der Waals surface area contributed by atoms with Crippen molar-refractivity contribution >= 4 is 28.3 Å². The Labute approximate surface area is 162 Å². The lowest BCUT2D eigenvalue weighted by Gasteiger charge is -2.12. The smallest absolute Gasteiger partial charge is 0.259 e. The molecule has 0 aliphatic carbocycles. The molecule has 0 bridgehead atoms. The van der Waals surface area contributed by atoms with Gasteiger partial charge in [0.25, 0.3) is 5.56 Å². The van der Waals surface area contributed by atoms with Crippen LogP contribution in [-0.2, 0) is 6.42 Å². The number of fused-ring (bicyclic) bond motifs is 1. The Bertz CT molecular complexity index is 1010. The maximum atomic E-state index is 12.3. The molecule has 1 amide bonds. The summed E-state index contributed by atoms with van der Waals surface area (Å²) in [5.74, 6) is 0.788. The number of hydrogen-bond donors (Lipinski definition) is 5. The highest BCUT2D eigenvalue weighted by Crippen LogP contribution is 2.21. The molecular weight excluding hydrogens is 356 g/mol. The molecule has 0 saturated carbocycles. The molecule has 2 aromatic heterocycles. The van der Waals surface area contributed by atoms with Gasteiger partial charge in [0.1, 0.15) is 11.6 Å². The molecule has 3 rings (SSSR count). The van der Waals surface area contributed by atoms with Gasteiger partial charge in [0.05, 0.1) is 5.39 Å². The van der Waals surface area contributed by atoms with E-state index in [2.05, 4.69) is 20.6 Å². The number of aryl methyl sites for hydroxylation is 1. The largest absolute Gasteiger partial charge is 0.369 e. The minimum absolute atomic E-state index is 0.181. The van der Waals surface area contributed by atoms with Crippen LogP contribution >= 0.6 is 0 Å². The predicted molar refractivity (Wildman–Crippen MR) is 112 cm³/mol. The van der Waals surface area contributed by atoms with Crippen LogP contribution in [0.15, 0.2) is 47.4 Å². The maximum absolute atomic E-state index is 12.3. The normalized spacial score (nSPS) is 10.8. The highest BCUT2D eigenvalue weighted by molar-refractivity contribution is 5.93. The second-order valence-electron chi connectivity index (χ2n) is 6.43. The molecule has 0 aliphatic heterocycles. The molecule has 0 aliphatic rings. The van der Waals surface area contributed by atoms with E-state index < -0.39 is 5.91 Å². The van der Waals surface area contributed by atoms with Crippen molar-refractivity contribution in [3.8, 4) is 0 Å². The van der Waals surface area contributed by atoms with Crippen LogP contribution in [0.3, 0.4) is 0 Å². The summed E-state index contributed by atoms with van der Waals surface area (Å²) in [6.07, 6.45) is 3.28. The lowest BCUT2D eigenvalue weighted by atomic mass is 10.1. The average Bonchev–Trinajstić information content (AvgIpc) is 2.70. The highest BCUT2D eigenvalue weighted by atomic mass is 16.1. The molecule has 8 nitrogen and oxygen atoms in total. The van der Waals surface area contributed by atoms with Gasteiger partial charge in [-0.25, -0.2) is 4.98 Å². The lowest BCUT2D eigenvalue weighted by molar-refractivity contribution is 0.100. The van der Waals surface area contributed by atoms with Crippen molar-refractivity contribution in [3.05, 3.63) is 64.1 Å². The molecule has 28 heavy (non-hydrogen) atoms. The Morgan fingerprint density at radius 2 is 1.89 bits per heavy atom. The van der Waals surface area contributed by atoms with Gasteiger partial charge in [0, 0.05) is 31.4 Å². The van der Waals surface area contributed by atoms with E-state index in [1.165, 1.54) is 0 Å². The van der Waals surface area contributed by atoms with E-state index in [-0.39, 0.29) is 5.56 Å². The van der Waals surface area contributed by atoms with E-state index in [1.807, 2.05) is 24.3 Å². The number of aromatic nitrogens is 2. The number of carbonyl (C=O) groups excluding carboxylic acids is 1. The maximum Gasteiger partial charge on any atom is 0.259 e. The highest BCUT2D eigenvalue weighted by Gasteiger charge is 2.09. The number of aromatic amines is 1. The van der Waals surface area contributed by atoms with Crippen LogP contribution in [0, 0.1) is 0 Å². The molecule has 2 heterocycles. The second-order valence-corrected chi connectivity index (χ2v) is 6.43. The van der Waals surface area contributed by atoms with Crippen LogP contribution in [0.4, 0.5) is 11.6 Å². The van der Waals surface area contributed by atoms with Crippen molar-refractivity contribution in [3.63, 3.8) is 0 Å². The third kappa shape index (κ3) is 4.66. The van der Waals surface area contributed by atoms with Crippen molar-refractivity contribution < 1.29 is 4.79 Å². The monoisotopic (exact) mass is 380 g/mol. The third-order valence-corrected chi connectivity index (χ3v) is 4.38. The van der Waals surface area contributed by atoms with Crippen molar-refractivity contribution in [1.82, 2.24) is 9.97 Å². The Morgan fingerprint density at radius 3 is 2.61 bits per heavy atom. The van der Waals surface area contributed by atoms with Crippen molar-refractivity contribution in [2.24, 2.45) is 11.5 Å². The lowest BCUT2D eigenvalue weighted by Crippen LogP contribution is -2.16. The van der Waals surface area contributed by atoms with Crippen molar-refractivity contribution in [2.45, 2.75) is 12.8 Å². The molecule has 3 aromatic rings. The number of amides is 1. The number of nitrogens with one attached hydrogen (secondary N) is 3. The molecule has 0 spiro atoms.